The molecule has 0 fully saturated rings. The average Bonchev–Trinajstić information content (AvgIpc) is 2.59. The number of carbonyl (C=O) groups excluding carboxylic acids is 1. The molecule has 0 aliphatic heterocycles. The van der Waals surface area contributed by atoms with Crippen LogP contribution in [-0.2, 0) is 17.8 Å². The summed E-state index contributed by atoms with van der Waals surface area (Å²) in [5.74, 6) is 0.0737. The van der Waals surface area contributed by atoms with Crippen molar-refractivity contribution in [2.75, 3.05) is 14.1 Å². The molecule has 0 aromatic carbocycles. The molecule has 1 heterocycles. The summed E-state index contributed by atoms with van der Waals surface area (Å²) in [5.41, 5.74) is 2.20. The van der Waals surface area contributed by atoms with E-state index in [4.69, 9.17) is 0 Å². The monoisotopic (exact) mass is 236 g/mol. The van der Waals surface area contributed by atoms with Crippen LogP contribution < -0.4 is 0 Å². The minimum Gasteiger partial charge on any atom is -0.388 e. The fourth-order valence-corrected chi connectivity index (χ4v) is 2.28. The van der Waals surface area contributed by atoms with Crippen molar-refractivity contribution < 1.29 is 9.90 Å². The first-order chi connectivity index (χ1) is 8.08. The Morgan fingerprint density at radius 2 is 2.24 bits per heavy atom. The summed E-state index contributed by atoms with van der Waals surface area (Å²) in [5, 5.41) is 9.99. The molecular formula is C13H20N2O2. The number of aromatic nitrogens is 1. The van der Waals surface area contributed by atoms with E-state index >= 15 is 0 Å². The molecule has 4 nitrogen and oxygen atoms in total. The first kappa shape index (κ1) is 12.2. The number of fused-ring (bicyclic) bond motifs is 1. The zero-order valence-corrected chi connectivity index (χ0v) is 10.5. The van der Waals surface area contributed by atoms with E-state index in [0.717, 1.165) is 31.2 Å². The van der Waals surface area contributed by atoms with Gasteiger partial charge in [0, 0.05) is 32.1 Å². The number of hydrogen-bond donors (Lipinski definition) is 1. The largest absolute Gasteiger partial charge is 0.388 e. The quantitative estimate of drug-likeness (QED) is 0.788. The predicted molar refractivity (Wildman–Crippen MR) is 65.6 cm³/mol. The standard InChI is InChI=1S/C13H20N2O2/c1-14(2)13(17)9-15-7-10-5-3-4-6-12(16)11(10)8-15/h7-8,12,16H,3-6,9H2,1-2H3. The van der Waals surface area contributed by atoms with Crippen LogP contribution >= 0.6 is 0 Å². The molecule has 1 aliphatic rings. The van der Waals surface area contributed by atoms with Gasteiger partial charge in [-0.2, -0.15) is 0 Å². The zero-order chi connectivity index (χ0) is 12.4. The summed E-state index contributed by atoms with van der Waals surface area (Å²) in [7, 11) is 3.51. The molecule has 1 amide bonds. The van der Waals surface area contributed by atoms with Crippen LogP contribution in [0.2, 0.25) is 0 Å². The molecule has 0 bridgehead atoms. The van der Waals surface area contributed by atoms with E-state index in [9.17, 15) is 9.90 Å². The highest BCUT2D eigenvalue weighted by molar-refractivity contribution is 5.75. The number of aliphatic hydroxyl groups excluding tert-OH is 1. The lowest BCUT2D eigenvalue weighted by Gasteiger charge is -2.10. The van der Waals surface area contributed by atoms with Crippen molar-refractivity contribution in [2.45, 2.75) is 38.3 Å². The van der Waals surface area contributed by atoms with E-state index in [2.05, 4.69) is 0 Å². The third-order valence-electron chi connectivity index (χ3n) is 3.35. The predicted octanol–water partition coefficient (Wildman–Crippen LogP) is 1.34. The van der Waals surface area contributed by atoms with Crippen LogP contribution in [0.15, 0.2) is 12.4 Å². The molecule has 94 valence electrons. The fourth-order valence-electron chi connectivity index (χ4n) is 2.28. The van der Waals surface area contributed by atoms with Gasteiger partial charge in [-0.15, -0.1) is 0 Å². The Labute approximate surface area is 102 Å². The summed E-state index contributed by atoms with van der Waals surface area (Å²) >= 11 is 0. The van der Waals surface area contributed by atoms with Gasteiger partial charge in [-0.3, -0.25) is 4.79 Å². The van der Waals surface area contributed by atoms with Gasteiger partial charge in [0.25, 0.3) is 0 Å². The molecule has 2 rings (SSSR count). The van der Waals surface area contributed by atoms with Gasteiger partial charge in [-0.05, 0) is 24.8 Å². The highest BCUT2D eigenvalue weighted by atomic mass is 16.3. The number of carbonyl (C=O) groups is 1. The molecule has 1 unspecified atom stereocenters. The van der Waals surface area contributed by atoms with Crippen molar-refractivity contribution in [2.24, 2.45) is 0 Å². The molecule has 17 heavy (non-hydrogen) atoms. The second-order valence-electron chi connectivity index (χ2n) is 4.96. The van der Waals surface area contributed by atoms with Crippen LogP contribution in [0.5, 0.6) is 0 Å². The van der Waals surface area contributed by atoms with Gasteiger partial charge >= 0.3 is 0 Å². The third-order valence-corrected chi connectivity index (χ3v) is 3.35. The molecule has 1 N–H and O–H groups in total. The summed E-state index contributed by atoms with van der Waals surface area (Å²) in [6, 6.07) is 0. The maximum Gasteiger partial charge on any atom is 0.241 e. The van der Waals surface area contributed by atoms with E-state index in [1.165, 1.54) is 5.56 Å². The number of hydrogen-bond acceptors (Lipinski definition) is 2. The molecule has 4 heteroatoms. The molecule has 1 aliphatic carbocycles. The van der Waals surface area contributed by atoms with Crippen molar-refractivity contribution in [1.29, 1.82) is 0 Å². The van der Waals surface area contributed by atoms with Crippen molar-refractivity contribution in [1.82, 2.24) is 9.47 Å². The lowest BCUT2D eigenvalue weighted by Crippen LogP contribution is -2.25. The summed E-state index contributed by atoms with van der Waals surface area (Å²) in [6.45, 7) is 0.354. The Kier molecular flexibility index (Phi) is 3.52. The van der Waals surface area contributed by atoms with E-state index in [1.807, 2.05) is 17.0 Å². The SMILES string of the molecule is CN(C)C(=O)Cn1cc2c(c1)C(O)CCCC2. The molecule has 1 aromatic rings. The lowest BCUT2D eigenvalue weighted by molar-refractivity contribution is -0.129. The van der Waals surface area contributed by atoms with Gasteiger partial charge in [0.05, 0.1) is 6.10 Å². The average molecular weight is 236 g/mol. The lowest BCUT2D eigenvalue weighted by atomic mass is 10.1. The molecule has 1 aromatic heterocycles. The maximum absolute atomic E-state index is 11.6. The van der Waals surface area contributed by atoms with Crippen molar-refractivity contribution in [3.8, 4) is 0 Å². The van der Waals surface area contributed by atoms with E-state index in [1.54, 1.807) is 19.0 Å². The van der Waals surface area contributed by atoms with Gasteiger partial charge in [-0.25, -0.2) is 0 Å². The minimum absolute atomic E-state index is 0.0737. The maximum atomic E-state index is 11.6. The number of likely N-dealkylation sites (N-methyl/N-ethyl adjacent to an activating group) is 1. The van der Waals surface area contributed by atoms with Gasteiger partial charge in [0.2, 0.25) is 5.91 Å². The van der Waals surface area contributed by atoms with Crippen LogP contribution in [0.25, 0.3) is 0 Å². The second kappa shape index (κ2) is 4.92. The molecule has 1 atom stereocenters. The number of nitrogens with zero attached hydrogens (tertiary/aromatic N) is 2. The van der Waals surface area contributed by atoms with E-state index in [0.29, 0.717) is 6.54 Å². The Hall–Kier alpha value is -1.29. The highest BCUT2D eigenvalue weighted by Crippen LogP contribution is 2.29. The van der Waals surface area contributed by atoms with Crippen LogP contribution in [0, 0.1) is 0 Å². The van der Waals surface area contributed by atoms with Crippen LogP contribution in [0.4, 0.5) is 0 Å². The molecule has 0 radical (unpaired) electrons. The summed E-state index contributed by atoms with van der Waals surface area (Å²) < 4.78 is 1.89. The van der Waals surface area contributed by atoms with Gasteiger partial charge in [0.1, 0.15) is 6.54 Å². The van der Waals surface area contributed by atoms with Crippen molar-refractivity contribution in [3.63, 3.8) is 0 Å². The first-order valence-corrected chi connectivity index (χ1v) is 6.14. The topological polar surface area (TPSA) is 45.5 Å². The zero-order valence-electron chi connectivity index (χ0n) is 10.5. The van der Waals surface area contributed by atoms with Gasteiger partial charge in [-0.1, -0.05) is 6.42 Å². The summed E-state index contributed by atoms with van der Waals surface area (Å²) in [6.07, 6.45) is 7.61. The first-order valence-electron chi connectivity index (χ1n) is 6.14. The molecular weight excluding hydrogens is 216 g/mol. The van der Waals surface area contributed by atoms with Gasteiger partial charge < -0.3 is 14.6 Å². The minimum atomic E-state index is -0.358. The number of aryl methyl sites for hydroxylation is 1. The third kappa shape index (κ3) is 2.69. The van der Waals surface area contributed by atoms with Crippen LogP contribution in [-0.4, -0.2) is 34.6 Å². The van der Waals surface area contributed by atoms with Gasteiger partial charge in [0.15, 0.2) is 0 Å². The Morgan fingerprint density at radius 1 is 1.47 bits per heavy atom. The van der Waals surface area contributed by atoms with E-state index in [-0.39, 0.29) is 12.0 Å². The number of amides is 1. The van der Waals surface area contributed by atoms with Crippen LogP contribution in [0.1, 0.15) is 36.5 Å². The Balaban J connectivity index is 2.16. The Morgan fingerprint density at radius 3 is 2.94 bits per heavy atom. The molecule has 0 saturated heterocycles. The highest BCUT2D eigenvalue weighted by Gasteiger charge is 2.19. The second-order valence-corrected chi connectivity index (χ2v) is 4.96. The van der Waals surface area contributed by atoms with Crippen molar-refractivity contribution >= 4 is 5.91 Å². The van der Waals surface area contributed by atoms with Crippen molar-refractivity contribution in [3.05, 3.63) is 23.5 Å². The van der Waals surface area contributed by atoms with E-state index < -0.39 is 0 Å². The summed E-state index contributed by atoms with van der Waals surface area (Å²) in [4.78, 5) is 13.2. The normalized spacial score (nSPS) is 19.6. The Bertz CT molecular complexity index is 410. The molecule has 0 saturated carbocycles. The number of rotatable bonds is 2. The molecule has 0 spiro atoms. The van der Waals surface area contributed by atoms with Crippen LogP contribution in [0.3, 0.4) is 0 Å². The fraction of sp³-hybridized carbons (Fsp3) is 0.615. The number of aliphatic hydroxyl groups is 1. The smallest absolute Gasteiger partial charge is 0.241 e.